The molecule has 1 aliphatic carbocycles. The van der Waals surface area contributed by atoms with Crippen LogP contribution in [0.3, 0.4) is 0 Å². The van der Waals surface area contributed by atoms with Gasteiger partial charge in [-0.1, -0.05) is 26.8 Å². The molecule has 1 aliphatic rings. The Morgan fingerprint density at radius 1 is 1.21 bits per heavy atom. The predicted molar refractivity (Wildman–Crippen MR) is 80.7 cm³/mol. The van der Waals surface area contributed by atoms with Gasteiger partial charge in [-0.3, -0.25) is 0 Å². The Morgan fingerprint density at radius 2 is 2.00 bits per heavy atom. The SMILES string of the molecule is CC(C)(C)c1ccc2[nH]c3c(c2c1)CCC/C3=N\N. The van der Waals surface area contributed by atoms with Crippen LogP contribution in [0, 0.1) is 0 Å². The summed E-state index contributed by atoms with van der Waals surface area (Å²) >= 11 is 0. The number of hydrazone groups is 1. The number of aromatic amines is 1. The molecule has 0 amide bonds. The minimum Gasteiger partial charge on any atom is -0.353 e. The smallest absolute Gasteiger partial charge is 0.0837 e. The molecule has 0 spiro atoms. The van der Waals surface area contributed by atoms with Crippen LogP contribution in [0.5, 0.6) is 0 Å². The van der Waals surface area contributed by atoms with Gasteiger partial charge in [0.25, 0.3) is 0 Å². The van der Waals surface area contributed by atoms with Gasteiger partial charge < -0.3 is 10.8 Å². The first-order valence-electron chi connectivity index (χ1n) is 6.93. The van der Waals surface area contributed by atoms with E-state index in [0.29, 0.717) is 0 Å². The Kier molecular flexibility index (Phi) is 2.66. The monoisotopic (exact) mass is 255 g/mol. The highest BCUT2D eigenvalue weighted by Crippen LogP contribution is 2.32. The molecule has 3 heteroatoms. The molecule has 0 atom stereocenters. The summed E-state index contributed by atoms with van der Waals surface area (Å²) in [6, 6.07) is 6.72. The van der Waals surface area contributed by atoms with Gasteiger partial charge in [0.2, 0.25) is 0 Å². The van der Waals surface area contributed by atoms with Gasteiger partial charge in [-0.15, -0.1) is 0 Å². The van der Waals surface area contributed by atoms with Crippen LogP contribution >= 0.6 is 0 Å². The van der Waals surface area contributed by atoms with Crippen molar-refractivity contribution in [1.29, 1.82) is 0 Å². The van der Waals surface area contributed by atoms with Crippen LogP contribution in [-0.2, 0) is 11.8 Å². The third kappa shape index (κ3) is 1.93. The number of nitrogens with zero attached hydrogens (tertiary/aromatic N) is 1. The zero-order chi connectivity index (χ0) is 13.6. The molecule has 0 radical (unpaired) electrons. The lowest BCUT2D eigenvalue weighted by atomic mass is 9.85. The van der Waals surface area contributed by atoms with Crippen molar-refractivity contribution in [3.8, 4) is 0 Å². The molecule has 1 aromatic heterocycles. The van der Waals surface area contributed by atoms with E-state index >= 15 is 0 Å². The highest BCUT2D eigenvalue weighted by molar-refractivity contribution is 6.06. The predicted octanol–water partition coefficient (Wildman–Crippen LogP) is 3.46. The van der Waals surface area contributed by atoms with Crippen molar-refractivity contribution >= 4 is 16.6 Å². The zero-order valence-corrected chi connectivity index (χ0v) is 11.9. The molecule has 19 heavy (non-hydrogen) atoms. The number of aromatic nitrogens is 1. The van der Waals surface area contributed by atoms with Crippen LogP contribution in [0.1, 0.15) is 50.4 Å². The molecule has 0 aliphatic heterocycles. The largest absolute Gasteiger partial charge is 0.353 e. The number of nitrogens with two attached hydrogens (primary N) is 1. The summed E-state index contributed by atoms with van der Waals surface area (Å²) in [6.07, 6.45) is 3.22. The lowest BCUT2D eigenvalue weighted by Gasteiger charge is -2.19. The Balaban J connectivity index is 2.24. The molecule has 0 saturated heterocycles. The van der Waals surface area contributed by atoms with Gasteiger partial charge in [0.05, 0.1) is 11.4 Å². The lowest BCUT2D eigenvalue weighted by Crippen LogP contribution is -2.13. The van der Waals surface area contributed by atoms with Gasteiger partial charge in [-0.25, -0.2) is 0 Å². The maximum atomic E-state index is 5.51. The first-order chi connectivity index (χ1) is 9.00. The van der Waals surface area contributed by atoms with Crippen molar-refractivity contribution in [2.75, 3.05) is 0 Å². The summed E-state index contributed by atoms with van der Waals surface area (Å²) in [5, 5.41) is 5.28. The first-order valence-corrected chi connectivity index (χ1v) is 6.93. The summed E-state index contributed by atoms with van der Waals surface area (Å²) in [5.74, 6) is 5.51. The number of H-pyrrole nitrogens is 1. The van der Waals surface area contributed by atoms with E-state index in [4.69, 9.17) is 5.84 Å². The van der Waals surface area contributed by atoms with E-state index in [9.17, 15) is 0 Å². The molecular weight excluding hydrogens is 234 g/mol. The fourth-order valence-corrected chi connectivity index (χ4v) is 2.91. The summed E-state index contributed by atoms with van der Waals surface area (Å²) in [5.41, 5.74) is 6.29. The van der Waals surface area contributed by atoms with Crippen molar-refractivity contribution in [3.05, 3.63) is 35.0 Å². The van der Waals surface area contributed by atoms with E-state index < -0.39 is 0 Å². The second-order valence-corrected chi connectivity index (χ2v) is 6.42. The highest BCUT2D eigenvalue weighted by Gasteiger charge is 2.22. The van der Waals surface area contributed by atoms with Crippen LogP contribution in [0.4, 0.5) is 0 Å². The fourth-order valence-electron chi connectivity index (χ4n) is 2.91. The van der Waals surface area contributed by atoms with E-state index in [0.717, 1.165) is 30.7 Å². The molecule has 0 unspecified atom stereocenters. The number of hydrogen-bond donors (Lipinski definition) is 2. The van der Waals surface area contributed by atoms with Crippen molar-refractivity contribution in [3.63, 3.8) is 0 Å². The summed E-state index contributed by atoms with van der Waals surface area (Å²) in [6.45, 7) is 6.75. The quantitative estimate of drug-likeness (QED) is 0.549. The molecule has 0 saturated carbocycles. The maximum Gasteiger partial charge on any atom is 0.0837 e. The van der Waals surface area contributed by atoms with Crippen molar-refractivity contribution in [1.82, 2.24) is 4.98 Å². The number of rotatable bonds is 0. The normalized spacial score (nSPS) is 17.9. The Bertz CT molecular complexity index is 656. The summed E-state index contributed by atoms with van der Waals surface area (Å²) in [7, 11) is 0. The van der Waals surface area contributed by atoms with Crippen LogP contribution in [0.2, 0.25) is 0 Å². The minimum absolute atomic E-state index is 0.178. The van der Waals surface area contributed by atoms with Crippen molar-refractivity contribution in [2.45, 2.75) is 45.4 Å². The van der Waals surface area contributed by atoms with Crippen LogP contribution in [0.15, 0.2) is 23.3 Å². The summed E-state index contributed by atoms with van der Waals surface area (Å²) < 4.78 is 0. The van der Waals surface area contributed by atoms with Crippen molar-refractivity contribution in [2.24, 2.45) is 10.9 Å². The minimum atomic E-state index is 0.178. The molecule has 0 fully saturated rings. The molecule has 3 N–H and O–H groups in total. The van der Waals surface area contributed by atoms with Gasteiger partial charge >= 0.3 is 0 Å². The Hall–Kier alpha value is -1.77. The average Bonchev–Trinajstić information content (AvgIpc) is 2.75. The molecule has 100 valence electrons. The van der Waals surface area contributed by atoms with Gasteiger partial charge in [-0.05, 0) is 47.9 Å². The van der Waals surface area contributed by atoms with Crippen LogP contribution in [-0.4, -0.2) is 10.7 Å². The fraction of sp³-hybridized carbons (Fsp3) is 0.438. The Morgan fingerprint density at radius 3 is 2.68 bits per heavy atom. The Labute approximate surface area is 113 Å². The third-order valence-electron chi connectivity index (χ3n) is 4.06. The van der Waals surface area contributed by atoms with E-state index in [-0.39, 0.29) is 5.41 Å². The van der Waals surface area contributed by atoms with Gasteiger partial charge in [0.15, 0.2) is 0 Å². The van der Waals surface area contributed by atoms with E-state index in [1.54, 1.807) is 0 Å². The molecule has 2 aromatic rings. The first kappa shape index (κ1) is 12.3. The number of nitrogens with one attached hydrogen (secondary N) is 1. The van der Waals surface area contributed by atoms with Crippen LogP contribution in [0.25, 0.3) is 10.9 Å². The standard InChI is InChI=1S/C16H21N3/c1-16(2,3)10-7-8-13-12(9-10)11-5-4-6-14(19-17)15(11)18-13/h7-9,18H,4-6,17H2,1-3H3/b19-14+. The van der Waals surface area contributed by atoms with Gasteiger partial charge in [0.1, 0.15) is 0 Å². The number of hydrogen-bond acceptors (Lipinski definition) is 2. The van der Waals surface area contributed by atoms with Crippen molar-refractivity contribution < 1.29 is 0 Å². The average molecular weight is 255 g/mol. The summed E-state index contributed by atoms with van der Waals surface area (Å²) in [4.78, 5) is 3.48. The zero-order valence-electron chi connectivity index (χ0n) is 11.9. The van der Waals surface area contributed by atoms with E-state index in [1.807, 2.05) is 0 Å². The number of benzene rings is 1. The highest BCUT2D eigenvalue weighted by atomic mass is 15.1. The molecule has 1 heterocycles. The maximum absolute atomic E-state index is 5.51. The van der Waals surface area contributed by atoms with E-state index in [1.165, 1.54) is 22.0 Å². The third-order valence-corrected chi connectivity index (χ3v) is 4.06. The second-order valence-electron chi connectivity index (χ2n) is 6.42. The molecule has 1 aromatic carbocycles. The topological polar surface area (TPSA) is 54.2 Å². The molecule has 3 nitrogen and oxygen atoms in total. The number of aryl methyl sites for hydroxylation is 1. The number of fused-ring (bicyclic) bond motifs is 3. The second kappa shape index (κ2) is 4.12. The lowest BCUT2D eigenvalue weighted by molar-refractivity contribution is 0.591. The van der Waals surface area contributed by atoms with Gasteiger partial charge in [-0.2, -0.15) is 5.10 Å². The van der Waals surface area contributed by atoms with Crippen LogP contribution < -0.4 is 5.84 Å². The van der Waals surface area contributed by atoms with Gasteiger partial charge in [0, 0.05) is 10.9 Å². The molecular formula is C16H21N3. The molecule has 3 rings (SSSR count). The van der Waals surface area contributed by atoms with E-state index in [2.05, 4.69) is 49.1 Å². The molecule has 0 bridgehead atoms.